The van der Waals surface area contributed by atoms with Crippen LogP contribution in [0.5, 0.6) is 0 Å². The lowest BCUT2D eigenvalue weighted by molar-refractivity contribution is -0.384. The first-order valence-corrected chi connectivity index (χ1v) is 7.29. The molecule has 0 aliphatic heterocycles. The predicted octanol–water partition coefficient (Wildman–Crippen LogP) is 3.45. The Labute approximate surface area is 142 Å². The first kappa shape index (κ1) is 18.0. The van der Waals surface area contributed by atoms with Crippen LogP contribution in [0.4, 0.5) is 10.1 Å². The molecule has 0 N–H and O–H groups in total. The highest BCUT2D eigenvalue weighted by Crippen LogP contribution is 2.14. The van der Waals surface area contributed by atoms with Crippen LogP contribution in [0.3, 0.4) is 0 Å². The van der Waals surface area contributed by atoms with Crippen molar-refractivity contribution in [3.8, 4) is 0 Å². The molecule has 0 spiro atoms. The second kappa shape index (κ2) is 8.49. The molecule has 0 saturated heterocycles. The van der Waals surface area contributed by atoms with Crippen LogP contribution in [0, 0.1) is 15.9 Å². The number of halogens is 1. The number of benzene rings is 2. The second-order valence-corrected chi connectivity index (χ2v) is 5.12. The lowest BCUT2D eigenvalue weighted by atomic mass is 10.1. The number of nitro groups is 1. The highest BCUT2D eigenvalue weighted by molar-refractivity contribution is 6.03. The van der Waals surface area contributed by atoms with Crippen molar-refractivity contribution >= 4 is 23.5 Å². The Hall–Kier alpha value is -3.35. The summed E-state index contributed by atoms with van der Waals surface area (Å²) in [6.45, 7) is -0.0546. The van der Waals surface area contributed by atoms with E-state index in [-0.39, 0.29) is 12.3 Å². The van der Waals surface area contributed by atoms with Crippen molar-refractivity contribution in [1.82, 2.24) is 0 Å². The average molecular weight is 343 g/mol. The van der Waals surface area contributed by atoms with Gasteiger partial charge < -0.3 is 4.74 Å². The largest absolute Gasteiger partial charge is 0.460 e. The van der Waals surface area contributed by atoms with Crippen LogP contribution in [0.25, 0.3) is 6.08 Å². The molecule has 0 amide bonds. The third-order valence-corrected chi connectivity index (χ3v) is 3.17. The van der Waals surface area contributed by atoms with Gasteiger partial charge >= 0.3 is 5.97 Å². The highest BCUT2D eigenvalue weighted by atomic mass is 19.1. The molecule has 0 heterocycles. The van der Waals surface area contributed by atoms with Crippen LogP contribution in [0.15, 0.2) is 54.6 Å². The molecular formula is C18H14FNO5. The summed E-state index contributed by atoms with van der Waals surface area (Å²) in [5, 5.41) is 10.7. The van der Waals surface area contributed by atoms with E-state index in [9.17, 15) is 24.1 Å². The summed E-state index contributed by atoms with van der Waals surface area (Å²) >= 11 is 0. The maximum atomic E-state index is 12.8. The first-order chi connectivity index (χ1) is 11.9. The molecule has 0 atom stereocenters. The lowest BCUT2D eigenvalue weighted by Gasteiger charge is -2.03. The van der Waals surface area contributed by atoms with Crippen LogP contribution in [0.2, 0.25) is 0 Å². The van der Waals surface area contributed by atoms with Gasteiger partial charge in [-0.25, -0.2) is 4.39 Å². The van der Waals surface area contributed by atoms with Crippen molar-refractivity contribution in [3.05, 3.63) is 81.7 Å². The fraction of sp³-hybridized carbons (Fsp3) is 0.111. The fourth-order valence-corrected chi connectivity index (χ4v) is 1.93. The van der Waals surface area contributed by atoms with E-state index in [1.54, 1.807) is 6.07 Å². The minimum Gasteiger partial charge on any atom is -0.460 e. The maximum Gasteiger partial charge on any atom is 0.314 e. The molecule has 2 rings (SSSR count). The standard InChI is InChI=1S/C18H14FNO5/c19-15-7-4-14(5-8-15)12-25-18(22)11-17(21)9-6-13-2-1-3-16(10-13)20(23)24/h1-10H,11-12H2. The quantitative estimate of drug-likeness (QED) is 0.253. The number of nitrogens with zero attached hydrogens (tertiary/aromatic N) is 1. The first-order valence-electron chi connectivity index (χ1n) is 7.29. The molecule has 0 aliphatic rings. The topological polar surface area (TPSA) is 86.5 Å². The lowest BCUT2D eigenvalue weighted by Crippen LogP contribution is -2.09. The molecule has 0 saturated carbocycles. The molecule has 0 aromatic heterocycles. The summed E-state index contributed by atoms with van der Waals surface area (Å²) < 4.78 is 17.7. The fourth-order valence-electron chi connectivity index (χ4n) is 1.93. The number of ketones is 1. The van der Waals surface area contributed by atoms with Crippen LogP contribution in [0.1, 0.15) is 17.5 Å². The Morgan fingerprint density at radius 3 is 2.56 bits per heavy atom. The van der Waals surface area contributed by atoms with E-state index in [4.69, 9.17) is 4.74 Å². The van der Waals surface area contributed by atoms with Gasteiger partial charge in [0, 0.05) is 12.1 Å². The van der Waals surface area contributed by atoms with Crippen molar-refractivity contribution in [1.29, 1.82) is 0 Å². The number of hydrogen-bond acceptors (Lipinski definition) is 5. The summed E-state index contributed by atoms with van der Waals surface area (Å²) in [4.78, 5) is 33.5. The summed E-state index contributed by atoms with van der Waals surface area (Å²) in [5.41, 5.74) is 0.991. The van der Waals surface area contributed by atoms with Gasteiger partial charge in [-0.3, -0.25) is 19.7 Å². The van der Waals surface area contributed by atoms with Crippen molar-refractivity contribution in [2.75, 3.05) is 0 Å². The molecule has 25 heavy (non-hydrogen) atoms. The van der Waals surface area contributed by atoms with E-state index in [0.29, 0.717) is 11.1 Å². The van der Waals surface area contributed by atoms with Crippen molar-refractivity contribution in [2.45, 2.75) is 13.0 Å². The zero-order chi connectivity index (χ0) is 18.2. The number of non-ortho nitro benzene ring substituents is 1. The Morgan fingerprint density at radius 2 is 1.88 bits per heavy atom. The number of carbonyl (C=O) groups is 2. The normalized spacial score (nSPS) is 10.6. The van der Waals surface area contributed by atoms with E-state index >= 15 is 0 Å². The Kier molecular flexibility index (Phi) is 6.11. The molecule has 0 unspecified atom stereocenters. The van der Waals surface area contributed by atoms with Crippen LogP contribution in [-0.2, 0) is 20.9 Å². The monoisotopic (exact) mass is 343 g/mol. The number of rotatable bonds is 7. The van der Waals surface area contributed by atoms with Gasteiger partial charge in [0.05, 0.1) is 4.92 Å². The third-order valence-electron chi connectivity index (χ3n) is 3.17. The Bertz CT molecular complexity index is 814. The van der Waals surface area contributed by atoms with Gasteiger partial charge in [0.1, 0.15) is 18.8 Å². The SMILES string of the molecule is O=C(C=Cc1cccc([N+](=O)[O-])c1)CC(=O)OCc1ccc(F)cc1. The van der Waals surface area contributed by atoms with Gasteiger partial charge in [-0.05, 0) is 29.3 Å². The van der Waals surface area contributed by atoms with Gasteiger partial charge in [0.2, 0.25) is 0 Å². The number of ether oxygens (including phenoxy) is 1. The third kappa shape index (κ3) is 5.98. The Balaban J connectivity index is 1.84. The van der Waals surface area contributed by atoms with E-state index in [1.807, 2.05) is 0 Å². The smallest absolute Gasteiger partial charge is 0.314 e. The number of carbonyl (C=O) groups excluding carboxylic acids is 2. The van der Waals surface area contributed by atoms with Gasteiger partial charge in [-0.15, -0.1) is 0 Å². The highest BCUT2D eigenvalue weighted by Gasteiger charge is 2.09. The number of esters is 1. The van der Waals surface area contributed by atoms with E-state index in [0.717, 1.165) is 6.08 Å². The van der Waals surface area contributed by atoms with Gasteiger partial charge in [0.15, 0.2) is 5.78 Å². The molecule has 6 nitrogen and oxygen atoms in total. The zero-order valence-corrected chi connectivity index (χ0v) is 13.1. The van der Waals surface area contributed by atoms with E-state index in [1.165, 1.54) is 48.5 Å². The number of hydrogen-bond donors (Lipinski definition) is 0. The summed E-state index contributed by atoms with van der Waals surface area (Å²) in [6, 6.07) is 11.2. The molecule has 0 bridgehead atoms. The van der Waals surface area contributed by atoms with Crippen LogP contribution in [-0.4, -0.2) is 16.7 Å². The van der Waals surface area contributed by atoms with Gasteiger partial charge in [-0.2, -0.15) is 0 Å². The molecule has 0 fully saturated rings. The van der Waals surface area contributed by atoms with Crippen molar-refractivity contribution in [3.63, 3.8) is 0 Å². The van der Waals surface area contributed by atoms with Crippen LogP contribution >= 0.6 is 0 Å². The molecule has 128 valence electrons. The Morgan fingerprint density at radius 1 is 1.16 bits per heavy atom. The summed E-state index contributed by atoms with van der Waals surface area (Å²) in [5.74, 6) is -1.59. The molecule has 2 aromatic carbocycles. The van der Waals surface area contributed by atoms with E-state index < -0.39 is 28.9 Å². The molecule has 7 heteroatoms. The molecular weight excluding hydrogens is 329 g/mol. The average Bonchev–Trinajstić information content (AvgIpc) is 2.60. The number of nitro benzene ring substituents is 1. The van der Waals surface area contributed by atoms with Gasteiger partial charge in [-0.1, -0.05) is 30.3 Å². The maximum absolute atomic E-state index is 12.8. The molecule has 0 radical (unpaired) electrons. The number of allylic oxidation sites excluding steroid dienone is 1. The minimum absolute atomic E-state index is 0.0546. The van der Waals surface area contributed by atoms with Crippen molar-refractivity contribution in [2.24, 2.45) is 0 Å². The summed E-state index contributed by atoms with van der Waals surface area (Å²) in [7, 11) is 0. The summed E-state index contributed by atoms with van der Waals surface area (Å²) in [6.07, 6.45) is 2.10. The molecule has 0 aliphatic carbocycles. The van der Waals surface area contributed by atoms with Gasteiger partial charge in [0.25, 0.3) is 5.69 Å². The zero-order valence-electron chi connectivity index (χ0n) is 13.1. The van der Waals surface area contributed by atoms with Crippen molar-refractivity contribution < 1.29 is 23.6 Å². The minimum atomic E-state index is -0.710. The van der Waals surface area contributed by atoms with Crippen LogP contribution < -0.4 is 0 Å². The van der Waals surface area contributed by atoms with E-state index in [2.05, 4.69) is 0 Å². The predicted molar refractivity (Wildman–Crippen MR) is 88.0 cm³/mol. The molecule has 2 aromatic rings. The second-order valence-electron chi connectivity index (χ2n) is 5.12.